The van der Waals surface area contributed by atoms with E-state index in [1.807, 2.05) is 30.3 Å². The zero-order valence-corrected chi connectivity index (χ0v) is 12.2. The van der Waals surface area contributed by atoms with E-state index in [0.29, 0.717) is 10.6 Å². The van der Waals surface area contributed by atoms with Gasteiger partial charge >= 0.3 is 0 Å². The van der Waals surface area contributed by atoms with Crippen LogP contribution in [0, 0.1) is 5.82 Å². The van der Waals surface area contributed by atoms with E-state index < -0.39 is 0 Å². The molecule has 21 heavy (non-hydrogen) atoms. The number of rotatable bonds is 3. The highest BCUT2D eigenvalue weighted by molar-refractivity contribution is 6.30. The van der Waals surface area contributed by atoms with Crippen molar-refractivity contribution >= 4 is 22.4 Å². The summed E-state index contributed by atoms with van der Waals surface area (Å²) in [5.41, 5.74) is 1.34. The van der Waals surface area contributed by atoms with Gasteiger partial charge in [0.2, 0.25) is 0 Å². The standard InChI is InChI=1S/C17H14ClFN2/c1-20-16(14-7-6-12(18)10-15(14)19)17-13-5-3-2-4-11(13)8-9-21-17/h2-10,16,20H,1H3. The fourth-order valence-electron chi connectivity index (χ4n) is 2.55. The van der Waals surface area contributed by atoms with Gasteiger partial charge in [0.05, 0.1) is 11.7 Å². The van der Waals surface area contributed by atoms with Crippen molar-refractivity contribution in [1.29, 1.82) is 0 Å². The van der Waals surface area contributed by atoms with Gasteiger partial charge in [0.1, 0.15) is 5.82 Å². The molecule has 1 N–H and O–H groups in total. The van der Waals surface area contributed by atoms with E-state index in [2.05, 4.69) is 10.3 Å². The monoisotopic (exact) mass is 300 g/mol. The lowest BCUT2D eigenvalue weighted by Gasteiger charge is -2.19. The molecule has 2 nitrogen and oxygen atoms in total. The summed E-state index contributed by atoms with van der Waals surface area (Å²) in [4.78, 5) is 4.46. The van der Waals surface area contributed by atoms with Crippen LogP contribution >= 0.6 is 11.6 Å². The predicted molar refractivity (Wildman–Crippen MR) is 84.1 cm³/mol. The number of benzene rings is 2. The molecule has 1 heterocycles. The molecule has 1 aromatic heterocycles. The number of nitrogens with one attached hydrogen (secondary N) is 1. The number of hydrogen-bond donors (Lipinski definition) is 1. The van der Waals surface area contributed by atoms with Crippen molar-refractivity contribution in [2.24, 2.45) is 0 Å². The van der Waals surface area contributed by atoms with Crippen LogP contribution in [0.2, 0.25) is 5.02 Å². The molecule has 0 saturated heterocycles. The Labute approximate surface area is 127 Å². The molecule has 0 aliphatic carbocycles. The lowest BCUT2D eigenvalue weighted by molar-refractivity contribution is 0.572. The maximum atomic E-state index is 14.2. The largest absolute Gasteiger partial charge is 0.308 e. The molecule has 3 aromatic rings. The zero-order chi connectivity index (χ0) is 14.8. The maximum absolute atomic E-state index is 14.2. The first kappa shape index (κ1) is 14.0. The van der Waals surface area contributed by atoms with Crippen LogP contribution in [0.1, 0.15) is 17.3 Å². The number of hydrogen-bond acceptors (Lipinski definition) is 2. The lowest BCUT2D eigenvalue weighted by atomic mass is 9.98. The van der Waals surface area contributed by atoms with E-state index in [1.165, 1.54) is 6.07 Å². The van der Waals surface area contributed by atoms with E-state index in [-0.39, 0.29) is 11.9 Å². The van der Waals surface area contributed by atoms with Crippen LogP contribution in [0.5, 0.6) is 0 Å². The molecule has 2 aromatic carbocycles. The summed E-state index contributed by atoms with van der Waals surface area (Å²) in [6.45, 7) is 0. The van der Waals surface area contributed by atoms with Gasteiger partial charge in [-0.1, -0.05) is 41.9 Å². The van der Waals surface area contributed by atoms with Crippen LogP contribution in [0.15, 0.2) is 54.7 Å². The summed E-state index contributed by atoms with van der Waals surface area (Å²) in [7, 11) is 1.79. The van der Waals surface area contributed by atoms with Gasteiger partial charge in [0.25, 0.3) is 0 Å². The molecule has 0 saturated carbocycles. The highest BCUT2D eigenvalue weighted by atomic mass is 35.5. The van der Waals surface area contributed by atoms with Crippen molar-refractivity contribution in [3.05, 3.63) is 76.8 Å². The van der Waals surface area contributed by atoms with Crippen molar-refractivity contribution in [2.45, 2.75) is 6.04 Å². The summed E-state index contributed by atoms with van der Waals surface area (Å²) < 4.78 is 14.2. The average Bonchev–Trinajstić information content (AvgIpc) is 2.50. The van der Waals surface area contributed by atoms with Gasteiger partial charge in [-0.2, -0.15) is 0 Å². The minimum atomic E-state index is -0.336. The van der Waals surface area contributed by atoms with Crippen molar-refractivity contribution in [1.82, 2.24) is 10.3 Å². The predicted octanol–water partition coefficient (Wildman–Crippen LogP) is 4.34. The minimum absolute atomic E-state index is 0.326. The smallest absolute Gasteiger partial charge is 0.129 e. The number of fused-ring (bicyclic) bond motifs is 1. The second kappa shape index (κ2) is 5.80. The summed E-state index contributed by atoms with van der Waals surface area (Å²) >= 11 is 5.83. The van der Waals surface area contributed by atoms with Gasteiger partial charge in [-0.25, -0.2) is 4.39 Å². The first-order valence-electron chi connectivity index (χ1n) is 6.66. The first-order valence-corrected chi connectivity index (χ1v) is 7.04. The third-order valence-corrected chi connectivity index (χ3v) is 3.78. The molecule has 0 fully saturated rings. The van der Waals surface area contributed by atoms with Crippen LogP contribution < -0.4 is 5.32 Å². The van der Waals surface area contributed by atoms with Crippen molar-refractivity contribution in [3.8, 4) is 0 Å². The van der Waals surface area contributed by atoms with Crippen molar-refractivity contribution in [3.63, 3.8) is 0 Å². The van der Waals surface area contributed by atoms with E-state index in [4.69, 9.17) is 11.6 Å². The Balaban J connectivity index is 2.18. The Bertz CT molecular complexity index is 783. The summed E-state index contributed by atoms with van der Waals surface area (Å²) in [6.07, 6.45) is 1.75. The number of pyridine rings is 1. The highest BCUT2D eigenvalue weighted by Gasteiger charge is 2.19. The van der Waals surface area contributed by atoms with Crippen molar-refractivity contribution in [2.75, 3.05) is 7.05 Å². The number of halogens is 2. The van der Waals surface area contributed by atoms with E-state index >= 15 is 0 Å². The molecule has 0 amide bonds. The maximum Gasteiger partial charge on any atom is 0.129 e. The quantitative estimate of drug-likeness (QED) is 0.778. The molecule has 0 aliphatic heterocycles. The van der Waals surface area contributed by atoms with Gasteiger partial charge in [0.15, 0.2) is 0 Å². The Kier molecular flexibility index (Phi) is 3.86. The van der Waals surface area contributed by atoms with Gasteiger partial charge < -0.3 is 5.32 Å². The Morgan fingerprint density at radius 2 is 1.95 bits per heavy atom. The SMILES string of the molecule is CNC(c1ccc(Cl)cc1F)c1nccc2ccccc12. The fourth-order valence-corrected chi connectivity index (χ4v) is 2.71. The zero-order valence-electron chi connectivity index (χ0n) is 11.5. The molecular formula is C17H14ClFN2. The van der Waals surface area contributed by atoms with Crippen LogP contribution in [-0.2, 0) is 0 Å². The molecule has 0 spiro atoms. The Morgan fingerprint density at radius 3 is 2.71 bits per heavy atom. The summed E-state index contributed by atoms with van der Waals surface area (Å²) in [5, 5.41) is 5.62. The lowest BCUT2D eigenvalue weighted by Crippen LogP contribution is -2.20. The van der Waals surface area contributed by atoms with E-state index in [1.54, 1.807) is 25.4 Å². The van der Waals surface area contributed by atoms with Crippen LogP contribution in [0.3, 0.4) is 0 Å². The topological polar surface area (TPSA) is 24.9 Å². The van der Waals surface area contributed by atoms with Crippen molar-refractivity contribution < 1.29 is 4.39 Å². The molecule has 3 rings (SSSR count). The Morgan fingerprint density at radius 1 is 1.14 bits per heavy atom. The fraction of sp³-hybridized carbons (Fsp3) is 0.118. The normalized spacial score (nSPS) is 12.5. The summed E-state index contributed by atoms with van der Waals surface area (Å²) in [6, 6.07) is 14.3. The molecule has 1 unspecified atom stereocenters. The second-order valence-corrected chi connectivity index (χ2v) is 5.24. The second-order valence-electron chi connectivity index (χ2n) is 4.80. The molecule has 4 heteroatoms. The number of aromatic nitrogens is 1. The third-order valence-electron chi connectivity index (χ3n) is 3.54. The van der Waals surface area contributed by atoms with Gasteiger partial charge in [-0.3, -0.25) is 4.98 Å². The van der Waals surface area contributed by atoms with Crippen LogP contribution in [-0.4, -0.2) is 12.0 Å². The van der Waals surface area contributed by atoms with Gasteiger partial charge in [-0.05, 0) is 30.6 Å². The summed E-state index contributed by atoms with van der Waals surface area (Å²) in [5.74, 6) is -0.336. The molecule has 0 bridgehead atoms. The third kappa shape index (κ3) is 2.62. The highest BCUT2D eigenvalue weighted by Crippen LogP contribution is 2.29. The van der Waals surface area contributed by atoms with Crippen LogP contribution in [0.25, 0.3) is 10.8 Å². The Hall–Kier alpha value is -1.97. The minimum Gasteiger partial charge on any atom is -0.308 e. The molecule has 0 radical (unpaired) electrons. The van der Waals surface area contributed by atoms with E-state index in [0.717, 1.165) is 16.5 Å². The molecule has 106 valence electrons. The first-order chi connectivity index (χ1) is 10.2. The van der Waals surface area contributed by atoms with Gasteiger partial charge in [-0.15, -0.1) is 0 Å². The molecule has 1 atom stereocenters. The molecule has 0 aliphatic rings. The average molecular weight is 301 g/mol. The number of nitrogens with zero attached hydrogens (tertiary/aromatic N) is 1. The van der Waals surface area contributed by atoms with Gasteiger partial charge in [0, 0.05) is 22.2 Å². The molecular weight excluding hydrogens is 287 g/mol. The van der Waals surface area contributed by atoms with E-state index in [9.17, 15) is 4.39 Å². The van der Waals surface area contributed by atoms with Crippen LogP contribution in [0.4, 0.5) is 4.39 Å².